The molecule has 0 bridgehead atoms. The summed E-state index contributed by atoms with van der Waals surface area (Å²) in [6, 6.07) is 13.3. The lowest BCUT2D eigenvalue weighted by atomic mass is 9.92. The van der Waals surface area contributed by atoms with E-state index in [1.165, 1.54) is 12.1 Å². The van der Waals surface area contributed by atoms with Crippen molar-refractivity contribution >= 4 is 40.1 Å². The van der Waals surface area contributed by atoms with Crippen molar-refractivity contribution in [2.24, 2.45) is 0 Å². The molecule has 0 saturated heterocycles. The molecule has 0 amide bonds. The third kappa shape index (κ3) is 3.77. The van der Waals surface area contributed by atoms with Crippen LogP contribution in [0.5, 0.6) is 0 Å². The number of benzene rings is 2. The largest absolute Gasteiger partial charge is 0.478 e. The molecular weight excluding hydrogens is 455 g/mol. The summed E-state index contributed by atoms with van der Waals surface area (Å²) in [6.07, 6.45) is 1.94. The Labute approximate surface area is 200 Å². The quantitative estimate of drug-likeness (QED) is 0.415. The number of hydrogen-bond donors (Lipinski definition) is 1. The molecule has 0 saturated carbocycles. The molecule has 6 nitrogen and oxygen atoms in total. The number of hydrogen-bond acceptors (Lipinski definition) is 4. The first-order valence-corrected chi connectivity index (χ1v) is 11.3. The number of nitrogens with zero attached hydrogens (tertiary/aromatic N) is 4. The number of halogens is 2. The van der Waals surface area contributed by atoms with E-state index in [1.807, 2.05) is 38.1 Å². The Bertz CT molecular complexity index is 1460. The van der Waals surface area contributed by atoms with Gasteiger partial charge in [-0.15, -0.1) is 0 Å². The van der Waals surface area contributed by atoms with E-state index in [9.17, 15) is 14.3 Å². The second kappa shape index (κ2) is 8.66. The van der Waals surface area contributed by atoms with Gasteiger partial charge in [0.25, 0.3) is 0 Å². The zero-order chi connectivity index (χ0) is 24.0. The summed E-state index contributed by atoms with van der Waals surface area (Å²) in [7, 11) is 0. The van der Waals surface area contributed by atoms with Gasteiger partial charge in [0.15, 0.2) is 0 Å². The Hall–Kier alpha value is -3.55. The van der Waals surface area contributed by atoms with Gasteiger partial charge in [-0.3, -0.25) is 4.90 Å². The van der Waals surface area contributed by atoms with Gasteiger partial charge in [0.2, 0.25) is 0 Å². The van der Waals surface area contributed by atoms with Crippen LogP contribution in [0.25, 0.3) is 28.2 Å². The minimum atomic E-state index is -0.967. The number of likely N-dealkylation sites (N-methyl/N-ethyl adjacent to an activating group) is 1. The normalized spacial score (nSPS) is 15.1. The van der Waals surface area contributed by atoms with E-state index in [4.69, 9.17) is 16.6 Å². The molecule has 172 valence electrons. The maximum absolute atomic E-state index is 13.4. The fraction of sp³-hybridized carbons (Fsp3) is 0.192. The molecule has 3 heterocycles. The first-order valence-electron chi connectivity index (χ1n) is 11.0. The number of carboxylic acids is 1. The summed E-state index contributed by atoms with van der Waals surface area (Å²) in [5.74, 6) is -1.30. The number of fused-ring (bicyclic) bond motifs is 2. The molecule has 0 atom stereocenters. The Morgan fingerprint density at radius 3 is 2.62 bits per heavy atom. The molecule has 0 fully saturated rings. The predicted octanol–water partition coefficient (Wildman–Crippen LogP) is 5.60. The van der Waals surface area contributed by atoms with Gasteiger partial charge in [0.05, 0.1) is 28.2 Å². The summed E-state index contributed by atoms with van der Waals surface area (Å²) in [6.45, 7) is 5.76. The lowest BCUT2D eigenvalue weighted by Crippen LogP contribution is -2.31. The van der Waals surface area contributed by atoms with Gasteiger partial charge in [-0.1, -0.05) is 36.7 Å². The average molecular weight is 477 g/mol. The lowest BCUT2D eigenvalue weighted by molar-refractivity contribution is 0.0696. The molecule has 34 heavy (non-hydrogen) atoms. The van der Waals surface area contributed by atoms with Crippen LogP contribution in [-0.4, -0.2) is 43.8 Å². The van der Waals surface area contributed by atoms with Crippen molar-refractivity contribution in [3.8, 4) is 5.69 Å². The van der Waals surface area contributed by atoms with Crippen LogP contribution in [-0.2, 0) is 6.54 Å². The van der Waals surface area contributed by atoms with Crippen molar-refractivity contribution in [2.75, 3.05) is 13.1 Å². The predicted molar refractivity (Wildman–Crippen MR) is 131 cm³/mol. The molecule has 2 aromatic heterocycles. The number of rotatable bonds is 4. The zero-order valence-corrected chi connectivity index (χ0v) is 19.5. The van der Waals surface area contributed by atoms with Gasteiger partial charge < -0.3 is 5.11 Å². The number of aryl methyl sites for hydroxylation is 1. The Morgan fingerprint density at radius 2 is 1.91 bits per heavy atom. The van der Waals surface area contributed by atoms with Gasteiger partial charge in [-0.05, 0) is 55.4 Å². The smallest absolute Gasteiger partial charge is 0.336 e. The topological polar surface area (TPSA) is 71.2 Å². The molecule has 1 aliphatic rings. The fourth-order valence-corrected chi connectivity index (χ4v) is 4.78. The van der Waals surface area contributed by atoms with Crippen LogP contribution in [0.3, 0.4) is 0 Å². The van der Waals surface area contributed by atoms with Crippen LogP contribution in [0, 0.1) is 12.7 Å². The van der Waals surface area contributed by atoms with Crippen molar-refractivity contribution in [1.82, 2.24) is 19.7 Å². The second-order valence-electron chi connectivity index (χ2n) is 8.29. The van der Waals surface area contributed by atoms with Gasteiger partial charge >= 0.3 is 5.97 Å². The van der Waals surface area contributed by atoms with Crippen LogP contribution >= 0.6 is 11.6 Å². The van der Waals surface area contributed by atoms with Crippen molar-refractivity contribution in [3.63, 3.8) is 0 Å². The molecule has 8 heteroatoms. The van der Waals surface area contributed by atoms with E-state index in [0.29, 0.717) is 51.8 Å². The standard InChI is InChI=1S/C26H22ClFN4O2/c1-3-31-13-16(12-20-15(2)30-32(25(20)27)18-10-8-17(28)9-11-18)24-21(14-31)23(26(33)34)19-6-4-5-7-22(19)29-24/h4-12H,3,13-14H2,1-2H3,(H,33,34)/b16-12-. The van der Waals surface area contributed by atoms with Crippen LogP contribution in [0.15, 0.2) is 48.5 Å². The number of carbonyl (C=O) groups is 1. The van der Waals surface area contributed by atoms with E-state index in [0.717, 1.165) is 17.7 Å². The minimum Gasteiger partial charge on any atom is -0.478 e. The molecule has 0 spiro atoms. The Morgan fingerprint density at radius 1 is 1.18 bits per heavy atom. The first-order chi connectivity index (χ1) is 16.4. The number of para-hydroxylation sites is 1. The number of pyridine rings is 1. The highest BCUT2D eigenvalue weighted by Gasteiger charge is 2.28. The summed E-state index contributed by atoms with van der Waals surface area (Å²) in [4.78, 5) is 19.4. The van der Waals surface area contributed by atoms with Crippen molar-refractivity contribution in [2.45, 2.75) is 20.4 Å². The van der Waals surface area contributed by atoms with Crippen LogP contribution < -0.4 is 0 Å². The second-order valence-corrected chi connectivity index (χ2v) is 8.65. The summed E-state index contributed by atoms with van der Waals surface area (Å²) in [5, 5.41) is 15.7. The zero-order valence-electron chi connectivity index (χ0n) is 18.7. The van der Waals surface area contributed by atoms with Crippen molar-refractivity contribution in [1.29, 1.82) is 0 Å². The van der Waals surface area contributed by atoms with Gasteiger partial charge in [-0.25, -0.2) is 18.9 Å². The molecule has 5 rings (SSSR count). The highest BCUT2D eigenvalue weighted by molar-refractivity contribution is 6.31. The van der Waals surface area contributed by atoms with Crippen LogP contribution in [0.2, 0.25) is 5.15 Å². The molecule has 0 unspecified atom stereocenters. The van der Waals surface area contributed by atoms with Gasteiger partial charge in [-0.2, -0.15) is 5.10 Å². The first kappa shape index (κ1) is 22.3. The monoisotopic (exact) mass is 476 g/mol. The van der Waals surface area contributed by atoms with E-state index < -0.39 is 5.97 Å². The SMILES string of the molecule is CCN1C/C(=C/c2c(C)nn(-c3ccc(F)cc3)c2Cl)c2nc3ccccc3c(C(=O)O)c2C1. The van der Waals surface area contributed by atoms with E-state index in [2.05, 4.69) is 10.00 Å². The highest BCUT2D eigenvalue weighted by Crippen LogP contribution is 2.35. The summed E-state index contributed by atoms with van der Waals surface area (Å²) in [5.41, 5.74) is 5.24. The summed E-state index contributed by atoms with van der Waals surface area (Å²) < 4.78 is 15.0. The number of carboxylic acid groups (broad SMARTS) is 1. The van der Waals surface area contributed by atoms with Crippen molar-refractivity contribution in [3.05, 3.63) is 87.6 Å². The van der Waals surface area contributed by atoms with E-state index >= 15 is 0 Å². The maximum Gasteiger partial charge on any atom is 0.336 e. The molecule has 0 aliphatic carbocycles. The average Bonchev–Trinajstić information content (AvgIpc) is 3.11. The lowest BCUT2D eigenvalue weighted by Gasteiger charge is -2.30. The van der Waals surface area contributed by atoms with E-state index in [1.54, 1.807) is 22.9 Å². The Balaban J connectivity index is 1.71. The van der Waals surface area contributed by atoms with Crippen LogP contribution in [0.4, 0.5) is 4.39 Å². The molecule has 1 aliphatic heterocycles. The maximum atomic E-state index is 13.4. The van der Waals surface area contributed by atoms with Gasteiger partial charge in [0.1, 0.15) is 11.0 Å². The third-order valence-electron chi connectivity index (χ3n) is 6.17. The number of aromatic carboxylic acids is 1. The molecule has 2 aromatic carbocycles. The molecule has 0 radical (unpaired) electrons. The summed E-state index contributed by atoms with van der Waals surface area (Å²) >= 11 is 6.73. The minimum absolute atomic E-state index is 0.287. The van der Waals surface area contributed by atoms with E-state index in [-0.39, 0.29) is 11.4 Å². The molecule has 1 N–H and O–H groups in total. The highest BCUT2D eigenvalue weighted by atomic mass is 35.5. The number of aromatic nitrogens is 3. The molecular formula is C26H22ClFN4O2. The Kier molecular flexibility index (Phi) is 5.67. The van der Waals surface area contributed by atoms with Crippen molar-refractivity contribution < 1.29 is 14.3 Å². The third-order valence-corrected chi connectivity index (χ3v) is 6.54. The van der Waals surface area contributed by atoms with Crippen LogP contribution in [0.1, 0.15) is 39.8 Å². The fourth-order valence-electron chi connectivity index (χ4n) is 4.45. The van der Waals surface area contributed by atoms with Gasteiger partial charge in [0, 0.05) is 29.6 Å². The molecule has 4 aromatic rings.